The number of hydrogen-bond acceptors (Lipinski definition) is 7. The summed E-state index contributed by atoms with van der Waals surface area (Å²) >= 11 is 1.56. The molecule has 8 heteroatoms. The van der Waals surface area contributed by atoms with Crippen LogP contribution in [0.4, 0.5) is 5.82 Å². The molecule has 7 nitrogen and oxygen atoms in total. The smallest absolute Gasteiger partial charge is 0.247 e. The molecule has 2 N–H and O–H groups in total. The minimum atomic E-state index is -0.493. The number of carbonyl (C=O) groups excluding carboxylic acids is 1. The lowest BCUT2D eigenvalue weighted by Crippen LogP contribution is -2.34. The summed E-state index contributed by atoms with van der Waals surface area (Å²) in [6, 6.07) is 10.8. The second-order valence-corrected chi connectivity index (χ2v) is 6.84. The molecule has 25 heavy (non-hydrogen) atoms. The lowest BCUT2D eigenvalue weighted by Gasteiger charge is -2.17. The van der Waals surface area contributed by atoms with Crippen LogP contribution in [0.1, 0.15) is 27.4 Å². The number of anilines is 1. The van der Waals surface area contributed by atoms with Gasteiger partial charge in [-0.1, -0.05) is 35.5 Å². The quantitative estimate of drug-likeness (QED) is 0.675. The van der Waals surface area contributed by atoms with E-state index >= 15 is 0 Å². The summed E-state index contributed by atoms with van der Waals surface area (Å²) in [6.45, 7) is 4.31. The number of hydrogen-bond donors (Lipinski definition) is 2. The largest absolute Gasteiger partial charge is 0.360 e. The molecule has 0 saturated carbocycles. The molecule has 1 amide bonds. The summed E-state index contributed by atoms with van der Waals surface area (Å²) in [6.07, 6.45) is 0.713. The van der Waals surface area contributed by atoms with Gasteiger partial charge in [0, 0.05) is 19.0 Å². The van der Waals surface area contributed by atoms with E-state index < -0.39 is 6.04 Å². The number of benzene rings is 1. The predicted octanol–water partition coefficient (Wildman–Crippen LogP) is 2.66. The van der Waals surface area contributed by atoms with Crippen molar-refractivity contribution in [1.82, 2.24) is 20.7 Å². The molecule has 0 aliphatic carbocycles. The van der Waals surface area contributed by atoms with Crippen molar-refractivity contribution < 1.29 is 9.32 Å². The van der Waals surface area contributed by atoms with E-state index in [2.05, 4.69) is 26.0 Å². The molecule has 2 heterocycles. The highest BCUT2D eigenvalue weighted by atomic mass is 32.1. The molecular formula is C17H19N5O2S. The highest BCUT2D eigenvalue weighted by Gasteiger charge is 2.21. The van der Waals surface area contributed by atoms with Crippen molar-refractivity contribution in [3.63, 3.8) is 0 Å². The highest BCUT2D eigenvalue weighted by Crippen LogP contribution is 2.17. The van der Waals surface area contributed by atoms with E-state index in [-0.39, 0.29) is 5.91 Å². The molecule has 3 rings (SSSR count). The Bertz CT molecular complexity index is 830. The van der Waals surface area contributed by atoms with Gasteiger partial charge in [0.2, 0.25) is 5.91 Å². The molecular weight excluding hydrogens is 338 g/mol. The maximum atomic E-state index is 12.7. The molecule has 0 spiro atoms. The van der Waals surface area contributed by atoms with Gasteiger partial charge in [0.25, 0.3) is 0 Å². The highest BCUT2D eigenvalue weighted by molar-refractivity contribution is 7.11. The first-order valence-electron chi connectivity index (χ1n) is 7.93. The van der Waals surface area contributed by atoms with Crippen molar-refractivity contribution in [2.24, 2.45) is 0 Å². The molecule has 1 aromatic carbocycles. The van der Waals surface area contributed by atoms with Gasteiger partial charge in [-0.05, 0) is 19.4 Å². The third-order valence-corrected chi connectivity index (χ3v) is 4.43. The fraction of sp³-hybridized carbons (Fsp3) is 0.294. The molecule has 3 aromatic rings. The third-order valence-electron chi connectivity index (χ3n) is 3.53. The van der Waals surface area contributed by atoms with Crippen molar-refractivity contribution in [1.29, 1.82) is 0 Å². The summed E-state index contributed by atoms with van der Waals surface area (Å²) in [5.41, 5.74) is 0.883. The van der Waals surface area contributed by atoms with Gasteiger partial charge in [0.15, 0.2) is 5.82 Å². The fourth-order valence-corrected chi connectivity index (χ4v) is 3.10. The average molecular weight is 357 g/mol. The van der Waals surface area contributed by atoms with Gasteiger partial charge in [-0.15, -0.1) is 21.5 Å². The second-order valence-electron chi connectivity index (χ2n) is 5.57. The van der Waals surface area contributed by atoms with Crippen LogP contribution in [0, 0.1) is 13.8 Å². The molecule has 2 aromatic heterocycles. The van der Waals surface area contributed by atoms with Crippen molar-refractivity contribution in [3.8, 4) is 0 Å². The Hall–Kier alpha value is -2.58. The summed E-state index contributed by atoms with van der Waals surface area (Å²) in [5, 5.41) is 19.9. The number of amides is 1. The second kappa shape index (κ2) is 8.00. The van der Waals surface area contributed by atoms with E-state index in [4.69, 9.17) is 4.52 Å². The van der Waals surface area contributed by atoms with Crippen LogP contribution in [0.5, 0.6) is 0 Å². The molecule has 0 bridgehead atoms. The fourth-order valence-electron chi connectivity index (χ4n) is 2.39. The standard InChI is InChI=1S/C17H19N5O2S/c1-11-10-14(22-24-11)19-17(23)16(13-6-4-3-5-7-13)18-9-8-15-21-20-12(2)25-15/h3-7,10,16,18H,8-9H2,1-2H3,(H,19,22,23). The van der Waals surface area contributed by atoms with Gasteiger partial charge in [-0.2, -0.15) is 0 Å². The van der Waals surface area contributed by atoms with Crippen molar-refractivity contribution >= 4 is 23.1 Å². The Kier molecular flexibility index (Phi) is 5.52. The monoisotopic (exact) mass is 357 g/mol. The van der Waals surface area contributed by atoms with E-state index in [0.717, 1.165) is 15.6 Å². The van der Waals surface area contributed by atoms with E-state index in [1.165, 1.54) is 0 Å². The summed E-state index contributed by atoms with van der Waals surface area (Å²) in [7, 11) is 0. The van der Waals surface area contributed by atoms with E-state index in [1.54, 1.807) is 24.3 Å². The van der Waals surface area contributed by atoms with Crippen LogP contribution in [0.2, 0.25) is 0 Å². The first-order valence-corrected chi connectivity index (χ1v) is 8.75. The molecule has 0 radical (unpaired) electrons. The van der Waals surface area contributed by atoms with Crippen molar-refractivity contribution in [3.05, 3.63) is 57.7 Å². The van der Waals surface area contributed by atoms with Crippen molar-refractivity contribution in [2.45, 2.75) is 26.3 Å². The normalized spacial score (nSPS) is 12.1. The molecule has 130 valence electrons. The number of nitrogens with zero attached hydrogens (tertiary/aromatic N) is 3. The van der Waals surface area contributed by atoms with E-state index in [0.29, 0.717) is 24.5 Å². The summed E-state index contributed by atoms with van der Waals surface area (Å²) < 4.78 is 4.99. The first kappa shape index (κ1) is 17.2. The Morgan fingerprint density at radius 3 is 2.68 bits per heavy atom. The van der Waals surface area contributed by atoms with Gasteiger partial charge in [-0.25, -0.2) is 0 Å². The molecule has 0 fully saturated rings. The van der Waals surface area contributed by atoms with Gasteiger partial charge in [0.05, 0.1) is 0 Å². The lowest BCUT2D eigenvalue weighted by molar-refractivity contribution is -0.118. The molecule has 1 unspecified atom stereocenters. The van der Waals surface area contributed by atoms with Crippen molar-refractivity contribution in [2.75, 3.05) is 11.9 Å². The molecule has 0 aliphatic heterocycles. The van der Waals surface area contributed by atoms with Crippen LogP contribution >= 0.6 is 11.3 Å². The number of rotatable bonds is 7. The van der Waals surface area contributed by atoms with Gasteiger partial charge < -0.3 is 15.2 Å². The minimum absolute atomic E-state index is 0.187. The van der Waals surface area contributed by atoms with Crippen LogP contribution in [-0.2, 0) is 11.2 Å². The zero-order chi connectivity index (χ0) is 17.6. The van der Waals surface area contributed by atoms with Crippen LogP contribution in [0.15, 0.2) is 40.9 Å². The SMILES string of the molecule is Cc1cc(NC(=O)C(NCCc2nnc(C)s2)c2ccccc2)no1. The van der Waals surface area contributed by atoms with Crippen LogP contribution in [0.25, 0.3) is 0 Å². The topological polar surface area (TPSA) is 92.9 Å². The van der Waals surface area contributed by atoms with E-state index in [9.17, 15) is 4.79 Å². The van der Waals surface area contributed by atoms with Gasteiger partial charge in [0.1, 0.15) is 21.8 Å². The average Bonchev–Trinajstić information content (AvgIpc) is 3.20. The first-order chi connectivity index (χ1) is 12.1. The lowest BCUT2D eigenvalue weighted by atomic mass is 10.1. The van der Waals surface area contributed by atoms with Gasteiger partial charge >= 0.3 is 0 Å². The zero-order valence-electron chi connectivity index (χ0n) is 14.0. The molecule has 0 saturated heterocycles. The minimum Gasteiger partial charge on any atom is -0.360 e. The Labute approximate surface area is 149 Å². The van der Waals surface area contributed by atoms with Gasteiger partial charge in [-0.3, -0.25) is 4.79 Å². The maximum absolute atomic E-state index is 12.7. The zero-order valence-corrected chi connectivity index (χ0v) is 14.8. The van der Waals surface area contributed by atoms with E-state index in [1.807, 2.05) is 37.3 Å². The Morgan fingerprint density at radius 2 is 2.04 bits per heavy atom. The maximum Gasteiger partial charge on any atom is 0.247 e. The number of aryl methyl sites for hydroxylation is 2. The Morgan fingerprint density at radius 1 is 1.24 bits per heavy atom. The van der Waals surface area contributed by atoms with Crippen LogP contribution < -0.4 is 10.6 Å². The van der Waals surface area contributed by atoms with Crippen LogP contribution in [0.3, 0.4) is 0 Å². The summed E-state index contributed by atoms with van der Waals surface area (Å²) in [4.78, 5) is 12.7. The number of carbonyl (C=O) groups is 1. The number of aromatic nitrogens is 3. The summed E-state index contributed by atoms with van der Waals surface area (Å²) in [5.74, 6) is 0.865. The Balaban J connectivity index is 1.67. The molecule has 1 atom stereocenters. The molecule has 0 aliphatic rings. The predicted molar refractivity (Wildman–Crippen MR) is 95.4 cm³/mol. The third kappa shape index (κ3) is 4.71. The number of nitrogens with one attached hydrogen (secondary N) is 2. The van der Waals surface area contributed by atoms with Crippen LogP contribution in [-0.4, -0.2) is 27.8 Å².